The molecule has 0 radical (unpaired) electrons. The maximum absolute atomic E-state index is 13.0. The summed E-state index contributed by atoms with van der Waals surface area (Å²) >= 11 is 5.89. The van der Waals surface area contributed by atoms with Gasteiger partial charge in [-0.25, -0.2) is 4.79 Å². The first-order valence-corrected chi connectivity index (χ1v) is 10.3. The molecule has 8 nitrogen and oxygen atoms in total. The summed E-state index contributed by atoms with van der Waals surface area (Å²) in [5, 5.41) is 4.89. The van der Waals surface area contributed by atoms with Crippen LogP contribution in [0.1, 0.15) is 5.82 Å². The van der Waals surface area contributed by atoms with Crippen molar-refractivity contribution in [1.29, 1.82) is 0 Å². The molecule has 146 valence electrons. The van der Waals surface area contributed by atoms with E-state index >= 15 is 0 Å². The molecule has 1 aliphatic heterocycles. The minimum atomic E-state index is -3.74. The third-order valence-corrected chi connectivity index (χ3v) is 6.67. The van der Waals surface area contributed by atoms with Crippen molar-refractivity contribution in [2.24, 2.45) is 0 Å². The highest BCUT2D eigenvalue weighted by Crippen LogP contribution is 2.27. The summed E-state index contributed by atoms with van der Waals surface area (Å²) in [7, 11) is -2.26. The van der Waals surface area contributed by atoms with Gasteiger partial charge in [-0.05, 0) is 36.4 Å². The van der Waals surface area contributed by atoms with Crippen molar-refractivity contribution in [3.63, 3.8) is 0 Å². The Morgan fingerprint density at radius 2 is 1.93 bits per heavy atom. The lowest BCUT2D eigenvalue weighted by atomic mass is 10.3. The number of halogens is 1. The number of ether oxygens (including phenoxy) is 1. The summed E-state index contributed by atoms with van der Waals surface area (Å²) in [6.07, 6.45) is 0. The molecule has 0 spiro atoms. The Kier molecular flexibility index (Phi) is 4.84. The molecule has 0 saturated heterocycles. The molecule has 0 saturated carbocycles. The minimum absolute atomic E-state index is 0.00930. The molecule has 4 rings (SSSR count). The lowest BCUT2D eigenvalue weighted by Gasteiger charge is -2.29. The van der Waals surface area contributed by atoms with Crippen LogP contribution in [0.25, 0.3) is 5.69 Å². The van der Waals surface area contributed by atoms with Crippen LogP contribution < -0.4 is 10.4 Å². The van der Waals surface area contributed by atoms with Crippen LogP contribution in [-0.4, -0.2) is 36.9 Å². The second kappa shape index (κ2) is 7.17. The van der Waals surface area contributed by atoms with Crippen LogP contribution in [0.4, 0.5) is 0 Å². The number of hydrogen-bond donors (Lipinski definition) is 0. The van der Waals surface area contributed by atoms with Gasteiger partial charge in [0.25, 0.3) is 0 Å². The molecular weight excluding hydrogens is 404 g/mol. The predicted octanol–water partition coefficient (Wildman–Crippen LogP) is 2.12. The number of sulfonamides is 1. The van der Waals surface area contributed by atoms with Crippen molar-refractivity contribution in [3.05, 3.63) is 69.9 Å². The molecule has 10 heteroatoms. The standard InChI is InChI=1S/C18H17ClN4O4S/c1-27-15-3-2-4-16(11-15)28(25,26)21-9-10-22-17(12-21)20-23(18(22)24)14-7-5-13(19)6-8-14/h2-8,11H,9-10,12H2,1H3. The van der Waals surface area contributed by atoms with E-state index in [-0.39, 0.29) is 30.2 Å². The van der Waals surface area contributed by atoms with Crippen molar-refractivity contribution in [2.75, 3.05) is 13.7 Å². The first-order valence-electron chi connectivity index (χ1n) is 8.49. The van der Waals surface area contributed by atoms with Crippen LogP contribution in [0, 0.1) is 0 Å². The molecule has 1 aromatic heterocycles. The van der Waals surface area contributed by atoms with Gasteiger partial charge in [-0.2, -0.15) is 4.68 Å². The van der Waals surface area contributed by atoms with E-state index < -0.39 is 10.4 Å². The van der Waals surface area contributed by atoms with Crippen LogP contribution in [0.5, 0.6) is 5.75 Å². The Bertz CT molecular complexity index is 1130. The monoisotopic (exact) mass is 420 g/mol. The highest BCUT2D eigenvalue weighted by molar-refractivity contribution is 7.95. The van der Waals surface area contributed by atoms with Gasteiger partial charge in [0.2, 0.25) is 0 Å². The summed E-state index contributed by atoms with van der Waals surface area (Å²) in [6.45, 7) is 0.416. The lowest BCUT2D eigenvalue weighted by Crippen LogP contribution is -2.43. The average Bonchev–Trinajstić information content (AvgIpc) is 3.04. The van der Waals surface area contributed by atoms with Crippen LogP contribution in [0.3, 0.4) is 0 Å². The fourth-order valence-corrected chi connectivity index (χ4v) is 4.64. The maximum atomic E-state index is 13.0. The molecule has 2 aromatic carbocycles. The summed E-state index contributed by atoms with van der Waals surface area (Å²) in [5.41, 5.74) is 0.259. The highest BCUT2D eigenvalue weighted by atomic mass is 35.5. The van der Waals surface area contributed by atoms with Crippen molar-refractivity contribution in [3.8, 4) is 11.4 Å². The number of aromatic nitrogens is 3. The molecule has 1 atom stereocenters. The van der Waals surface area contributed by atoms with Gasteiger partial charge in [0.05, 0.1) is 19.3 Å². The van der Waals surface area contributed by atoms with Gasteiger partial charge in [-0.3, -0.25) is 4.57 Å². The third-order valence-electron chi connectivity index (χ3n) is 4.58. The van der Waals surface area contributed by atoms with E-state index in [4.69, 9.17) is 16.3 Å². The molecule has 0 amide bonds. The fourth-order valence-electron chi connectivity index (χ4n) is 3.09. The first kappa shape index (κ1) is 18.9. The van der Waals surface area contributed by atoms with Crippen LogP contribution in [0.2, 0.25) is 5.02 Å². The quantitative estimate of drug-likeness (QED) is 0.603. The Balaban J connectivity index is 1.66. The summed E-state index contributed by atoms with van der Waals surface area (Å²) < 4.78 is 35.2. The van der Waals surface area contributed by atoms with E-state index in [0.717, 1.165) is 0 Å². The maximum Gasteiger partial charge on any atom is 0.350 e. The van der Waals surface area contributed by atoms with E-state index in [1.807, 2.05) is 0 Å². The van der Waals surface area contributed by atoms with Crippen molar-refractivity contribution < 1.29 is 13.5 Å². The highest BCUT2D eigenvalue weighted by Gasteiger charge is 2.35. The Hall–Kier alpha value is -2.46. The average molecular weight is 421 g/mol. The van der Waals surface area contributed by atoms with Crippen molar-refractivity contribution >= 4 is 22.0 Å². The second-order valence-electron chi connectivity index (χ2n) is 6.26. The van der Waals surface area contributed by atoms with Gasteiger partial charge in [0.15, 0.2) is 21.1 Å². The van der Waals surface area contributed by atoms with Crippen LogP contribution in [0.15, 0.2) is 58.2 Å². The third kappa shape index (κ3) is 3.26. The molecule has 1 aliphatic rings. The number of fused-ring (bicyclic) bond motifs is 1. The van der Waals surface area contributed by atoms with E-state index in [2.05, 4.69) is 5.10 Å². The lowest BCUT2D eigenvalue weighted by molar-refractivity contribution is 0.299. The normalized spacial score (nSPS) is 16.4. The summed E-state index contributed by atoms with van der Waals surface area (Å²) in [5.74, 6) is 0.847. The molecule has 0 fully saturated rings. The summed E-state index contributed by atoms with van der Waals surface area (Å²) in [6, 6.07) is 13.0. The zero-order valence-corrected chi connectivity index (χ0v) is 16.5. The molecular formula is C18H17ClN4O4S. The van der Waals surface area contributed by atoms with Gasteiger partial charge in [-0.15, -0.1) is 9.40 Å². The largest absolute Gasteiger partial charge is 0.593 e. The Morgan fingerprint density at radius 1 is 1.18 bits per heavy atom. The van der Waals surface area contributed by atoms with E-state index in [9.17, 15) is 13.6 Å². The number of hydrogen-bond acceptors (Lipinski definition) is 5. The van der Waals surface area contributed by atoms with Crippen LogP contribution in [-0.2, 0) is 27.7 Å². The summed E-state index contributed by atoms with van der Waals surface area (Å²) in [4.78, 5) is 12.8. The first-order chi connectivity index (χ1) is 13.4. The number of benzene rings is 2. The smallest absolute Gasteiger partial charge is 0.350 e. The van der Waals surface area contributed by atoms with Crippen LogP contribution >= 0.6 is 11.6 Å². The van der Waals surface area contributed by atoms with E-state index in [0.29, 0.717) is 22.3 Å². The number of rotatable bonds is 4. The number of methoxy groups -OCH3 is 1. The molecule has 0 N–H and O–H groups in total. The fraction of sp³-hybridized carbons (Fsp3) is 0.222. The van der Waals surface area contributed by atoms with E-state index in [1.165, 1.54) is 32.8 Å². The SMILES string of the molecule is COc1cccc([S+](=O)([O-])N2CCn3c(nn(-c4ccc(Cl)cc4)c3=O)C2)c1. The molecule has 0 aliphatic carbocycles. The zero-order chi connectivity index (χ0) is 19.9. The van der Waals surface area contributed by atoms with Crippen molar-refractivity contribution in [2.45, 2.75) is 18.0 Å². The second-order valence-corrected chi connectivity index (χ2v) is 8.63. The molecule has 28 heavy (non-hydrogen) atoms. The molecule has 2 heterocycles. The Morgan fingerprint density at radius 3 is 2.64 bits per heavy atom. The number of nitrogens with zero attached hydrogens (tertiary/aromatic N) is 4. The van der Waals surface area contributed by atoms with Gasteiger partial charge in [0, 0.05) is 17.6 Å². The topological polar surface area (TPSA) is 92.4 Å². The molecule has 0 bridgehead atoms. The van der Waals surface area contributed by atoms with Crippen molar-refractivity contribution in [1.82, 2.24) is 18.7 Å². The zero-order valence-electron chi connectivity index (χ0n) is 14.9. The minimum Gasteiger partial charge on any atom is -0.593 e. The van der Waals surface area contributed by atoms with E-state index in [1.54, 1.807) is 36.4 Å². The predicted molar refractivity (Wildman–Crippen MR) is 103 cm³/mol. The van der Waals surface area contributed by atoms with Gasteiger partial charge < -0.3 is 9.29 Å². The van der Waals surface area contributed by atoms with Gasteiger partial charge in [-0.1, -0.05) is 21.9 Å². The van der Waals surface area contributed by atoms with Gasteiger partial charge in [0.1, 0.15) is 12.3 Å². The Labute approximate surface area is 167 Å². The molecule has 1 unspecified atom stereocenters. The molecule has 3 aromatic rings. The van der Waals surface area contributed by atoms with Gasteiger partial charge >= 0.3 is 5.69 Å².